The lowest BCUT2D eigenvalue weighted by Gasteiger charge is -2.41. The van der Waals surface area contributed by atoms with Crippen molar-refractivity contribution in [1.29, 1.82) is 0 Å². The van der Waals surface area contributed by atoms with Gasteiger partial charge in [0.2, 0.25) is 0 Å². The minimum atomic E-state index is 0.270. The highest BCUT2D eigenvalue weighted by molar-refractivity contribution is 4.99. The molecule has 124 valence electrons. The first-order chi connectivity index (χ1) is 10.2. The third kappa shape index (κ3) is 3.79. The van der Waals surface area contributed by atoms with Gasteiger partial charge in [0.05, 0.1) is 0 Å². The van der Waals surface area contributed by atoms with Gasteiger partial charge in [-0.05, 0) is 58.4 Å². The molecule has 4 nitrogen and oxygen atoms in total. The standard InChI is InChI=1S/C17H36N4/c1-4-19-11-7-9-17(15-18,10-13-19)21-12-8-16(14-21)20(5-2)6-3/h16H,4-15,18H2,1-3H3. The minimum absolute atomic E-state index is 0.270. The molecule has 2 fully saturated rings. The summed E-state index contributed by atoms with van der Waals surface area (Å²) in [4.78, 5) is 7.96. The van der Waals surface area contributed by atoms with Gasteiger partial charge < -0.3 is 10.6 Å². The third-order valence-corrected chi connectivity index (χ3v) is 6.00. The van der Waals surface area contributed by atoms with E-state index in [0.717, 1.165) is 12.6 Å². The van der Waals surface area contributed by atoms with Crippen LogP contribution in [0.4, 0.5) is 0 Å². The summed E-state index contributed by atoms with van der Waals surface area (Å²) in [5.74, 6) is 0. The zero-order valence-corrected chi connectivity index (χ0v) is 14.5. The van der Waals surface area contributed by atoms with Gasteiger partial charge in [0.15, 0.2) is 0 Å². The Kier molecular flexibility index (Phi) is 6.48. The molecule has 0 aromatic rings. The van der Waals surface area contributed by atoms with Gasteiger partial charge in [0, 0.05) is 31.2 Å². The van der Waals surface area contributed by atoms with Crippen LogP contribution in [0.3, 0.4) is 0 Å². The number of rotatable bonds is 6. The molecule has 21 heavy (non-hydrogen) atoms. The van der Waals surface area contributed by atoms with Gasteiger partial charge in [-0.25, -0.2) is 0 Å². The Balaban J connectivity index is 2.01. The first kappa shape index (κ1) is 17.2. The van der Waals surface area contributed by atoms with Crippen LogP contribution in [0.5, 0.6) is 0 Å². The quantitative estimate of drug-likeness (QED) is 0.808. The van der Waals surface area contributed by atoms with E-state index in [4.69, 9.17) is 5.73 Å². The van der Waals surface area contributed by atoms with E-state index in [9.17, 15) is 0 Å². The number of hydrogen-bond acceptors (Lipinski definition) is 4. The molecule has 0 aromatic carbocycles. The Hall–Kier alpha value is -0.160. The first-order valence-corrected chi connectivity index (χ1v) is 9.10. The monoisotopic (exact) mass is 296 g/mol. The van der Waals surface area contributed by atoms with E-state index >= 15 is 0 Å². The molecule has 2 saturated heterocycles. The number of nitrogens with two attached hydrogens (primary N) is 1. The Morgan fingerprint density at radius 3 is 2.48 bits per heavy atom. The molecule has 2 rings (SSSR count). The maximum Gasteiger partial charge on any atom is 0.0345 e. The maximum absolute atomic E-state index is 6.29. The first-order valence-electron chi connectivity index (χ1n) is 9.10. The van der Waals surface area contributed by atoms with E-state index in [0.29, 0.717) is 0 Å². The molecule has 0 aliphatic carbocycles. The summed E-state index contributed by atoms with van der Waals surface area (Å²) < 4.78 is 0. The summed E-state index contributed by atoms with van der Waals surface area (Å²) in [5.41, 5.74) is 6.56. The highest BCUT2D eigenvalue weighted by Gasteiger charge is 2.41. The van der Waals surface area contributed by atoms with Crippen LogP contribution in [0.2, 0.25) is 0 Å². The Morgan fingerprint density at radius 2 is 1.86 bits per heavy atom. The molecule has 2 unspecified atom stereocenters. The Morgan fingerprint density at radius 1 is 1.10 bits per heavy atom. The highest BCUT2D eigenvalue weighted by atomic mass is 15.3. The van der Waals surface area contributed by atoms with Gasteiger partial charge in [0.1, 0.15) is 0 Å². The molecular formula is C17H36N4. The lowest BCUT2D eigenvalue weighted by Crippen LogP contribution is -2.54. The van der Waals surface area contributed by atoms with E-state index in [1.54, 1.807) is 0 Å². The van der Waals surface area contributed by atoms with E-state index in [1.165, 1.54) is 71.5 Å². The summed E-state index contributed by atoms with van der Waals surface area (Å²) in [7, 11) is 0. The molecule has 2 atom stereocenters. The summed E-state index contributed by atoms with van der Waals surface area (Å²) in [5, 5.41) is 0. The molecule has 0 saturated carbocycles. The minimum Gasteiger partial charge on any atom is -0.329 e. The lowest BCUT2D eigenvalue weighted by molar-refractivity contribution is 0.0926. The topological polar surface area (TPSA) is 35.7 Å². The van der Waals surface area contributed by atoms with Crippen molar-refractivity contribution >= 4 is 0 Å². The van der Waals surface area contributed by atoms with Crippen molar-refractivity contribution in [3.8, 4) is 0 Å². The predicted molar refractivity (Wildman–Crippen MR) is 90.6 cm³/mol. The number of likely N-dealkylation sites (N-methyl/N-ethyl adjacent to an activating group) is 1. The van der Waals surface area contributed by atoms with Crippen molar-refractivity contribution in [1.82, 2.24) is 14.7 Å². The van der Waals surface area contributed by atoms with Crippen molar-refractivity contribution in [2.75, 3.05) is 52.4 Å². The molecule has 4 heteroatoms. The van der Waals surface area contributed by atoms with Crippen LogP contribution in [0.1, 0.15) is 46.5 Å². The Labute approximate surface area is 131 Å². The number of nitrogens with zero attached hydrogens (tertiary/aromatic N) is 3. The molecule has 0 amide bonds. The molecule has 2 N–H and O–H groups in total. The van der Waals surface area contributed by atoms with Crippen LogP contribution >= 0.6 is 0 Å². The van der Waals surface area contributed by atoms with Gasteiger partial charge >= 0.3 is 0 Å². The van der Waals surface area contributed by atoms with E-state index in [2.05, 4.69) is 35.5 Å². The molecule has 0 spiro atoms. The van der Waals surface area contributed by atoms with E-state index in [-0.39, 0.29) is 5.54 Å². The SMILES string of the molecule is CCN1CCCC(CN)(N2CCC(N(CC)CC)C2)CC1. The van der Waals surface area contributed by atoms with Crippen molar-refractivity contribution in [2.45, 2.75) is 58.0 Å². The molecule has 2 aliphatic rings. The van der Waals surface area contributed by atoms with Gasteiger partial charge in [0.25, 0.3) is 0 Å². The van der Waals surface area contributed by atoms with Crippen molar-refractivity contribution in [3.63, 3.8) is 0 Å². The van der Waals surface area contributed by atoms with Crippen LogP contribution in [0, 0.1) is 0 Å². The fourth-order valence-electron chi connectivity index (χ4n) is 4.41. The van der Waals surface area contributed by atoms with Crippen LogP contribution in [0.15, 0.2) is 0 Å². The predicted octanol–water partition coefficient (Wildman–Crippen LogP) is 1.61. The normalized spacial score (nSPS) is 32.7. The second-order valence-electron chi connectivity index (χ2n) is 6.83. The van der Waals surface area contributed by atoms with Crippen LogP contribution in [-0.2, 0) is 0 Å². The molecule has 0 radical (unpaired) electrons. The summed E-state index contributed by atoms with van der Waals surface area (Å²) in [6.45, 7) is 16.2. The highest BCUT2D eigenvalue weighted by Crippen LogP contribution is 2.32. The zero-order valence-electron chi connectivity index (χ0n) is 14.5. The smallest absolute Gasteiger partial charge is 0.0345 e. The van der Waals surface area contributed by atoms with Crippen molar-refractivity contribution in [2.24, 2.45) is 5.73 Å². The summed E-state index contributed by atoms with van der Waals surface area (Å²) >= 11 is 0. The molecule has 0 aromatic heterocycles. The van der Waals surface area contributed by atoms with Crippen molar-refractivity contribution < 1.29 is 0 Å². The maximum atomic E-state index is 6.29. The van der Waals surface area contributed by atoms with Gasteiger partial charge in [-0.3, -0.25) is 9.80 Å². The van der Waals surface area contributed by atoms with E-state index < -0.39 is 0 Å². The number of hydrogen-bond donors (Lipinski definition) is 1. The van der Waals surface area contributed by atoms with Gasteiger partial charge in [-0.1, -0.05) is 20.8 Å². The summed E-state index contributed by atoms with van der Waals surface area (Å²) in [6, 6.07) is 0.744. The van der Waals surface area contributed by atoms with Gasteiger partial charge in [-0.2, -0.15) is 0 Å². The third-order valence-electron chi connectivity index (χ3n) is 6.00. The second-order valence-corrected chi connectivity index (χ2v) is 6.83. The molecular weight excluding hydrogens is 260 g/mol. The molecule has 2 heterocycles. The van der Waals surface area contributed by atoms with Crippen LogP contribution < -0.4 is 5.73 Å². The summed E-state index contributed by atoms with van der Waals surface area (Å²) in [6.07, 6.45) is 5.16. The average molecular weight is 297 g/mol. The lowest BCUT2D eigenvalue weighted by atomic mass is 9.88. The number of likely N-dealkylation sites (tertiary alicyclic amines) is 2. The molecule has 2 aliphatic heterocycles. The van der Waals surface area contributed by atoms with Crippen molar-refractivity contribution in [3.05, 3.63) is 0 Å². The van der Waals surface area contributed by atoms with E-state index in [1.807, 2.05) is 0 Å². The Bertz CT molecular complexity index is 305. The van der Waals surface area contributed by atoms with Crippen LogP contribution in [0.25, 0.3) is 0 Å². The largest absolute Gasteiger partial charge is 0.329 e. The average Bonchev–Trinajstić information content (AvgIpc) is 2.90. The fourth-order valence-corrected chi connectivity index (χ4v) is 4.41. The fraction of sp³-hybridized carbons (Fsp3) is 1.00. The van der Waals surface area contributed by atoms with Gasteiger partial charge in [-0.15, -0.1) is 0 Å². The second kappa shape index (κ2) is 7.91. The molecule has 0 bridgehead atoms. The zero-order chi connectivity index (χ0) is 15.3. The van der Waals surface area contributed by atoms with Crippen LogP contribution in [-0.4, -0.2) is 78.6 Å².